The number of hydrazone groups is 1. The molecule has 0 amide bonds. The third kappa shape index (κ3) is 5.30. The summed E-state index contributed by atoms with van der Waals surface area (Å²) in [4.78, 5) is 8.32. The summed E-state index contributed by atoms with van der Waals surface area (Å²) in [7, 11) is 0. The maximum Gasteiger partial charge on any atom is 0.203 e. The van der Waals surface area contributed by atoms with Crippen molar-refractivity contribution in [3.63, 3.8) is 0 Å². The molecule has 1 N–H and O–H groups in total. The number of rotatable bonds is 8. The van der Waals surface area contributed by atoms with Crippen LogP contribution in [0.15, 0.2) is 47.4 Å². The van der Waals surface area contributed by atoms with Gasteiger partial charge in [0.2, 0.25) is 5.13 Å². The Morgan fingerprint density at radius 1 is 1.44 bits per heavy atom. The van der Waals surface area contributed by atoms with Crippen LogP contribution < -0.4 is 10.2 Å². The van der Waals surface area contributed by atoms with Gasteiger partial charge in [0.1, 0.15) is 5.75 Å². The number of nitrogens with one attached hydrogen (secondary N) is 1. The molecule has 3 aromatic rings. The summed E-state index contributed by atoms with van der Waals surface area (Å²) in [6.07, 6.45) is 8.07. The summed E-state index contributed by atoms with van der Waals surface area (Å²) in [5, 5.41) is 7.57. The van der Waals surface area contributed by atoms with E-state index in [0.717, 1.165) is 35.1 Å². The number of nitrogens with zero attached hydrogens (tertiary/aromatic N) is 4. The van der Waals surface area contributed by atoms with Gasteiger partial charge in [0.15, 0.2) is 0 Å². The Hall–Kier alpha value is -2.38. The number of hydrogen-bond acceptors (Lipinski definition) is 6. The Labute approximate surface area is 155 Å². The second-order valence-electron chi connectivity index (χ2n) is 5.35. The standard InChI is InChI=1S/C17H18ClN5OS/c1-13-11-25-17(21-13)22-20-10-14-9-15(18)3-4-16(14)24-8-2-6-23-7-5-19-12-23/h3-5,7,9-12H,2,6,8H2,1H3,(H,21,22). The summed E-state index contributed by atoms with van der Waals surface area (Å²) in [5.41, 5.74) is 4.70. The summed E-state index contributed by atoms with van der Waals surface area (Å²) < 4.78 is 7.89. The smallest absolute Gasteiger partial charge is 0.203 e. The molecule has 1 aromatic carbocycles. The molecule has 0 atom stereocenters. The Morgan fingerprint density at radius 2 is 2.36 bits per heavy atom. The first kappa shape index (κ1) is 17.4. The van der Waals surface area contributed by atoms with Crippen molar-refractivity contribution in [3.05, 3.63) is 58.6 Å². The maximum atomic E-state index is 6.09. The van der Waals surface area contributed by atoms with E-state index in [1.165, 1.54) is 11.3 Å². The Morgan fingerprint density at radius 3 is 3.12 bits per heavy atom. The second-order valence-corrected chi connectivity index (χ2v) is 6.64. The monoisotopic (exact) mass is 375 g/mol. The average molecular weight is 376 g/mol. The van der Waals surface area contributed by atoms with Crippen LogP contribution in [0.25, 0.3) is 0 Å². The maximum absolute atomic E-state index is 6.09. The van der Waals surface area contributed by atoms with Crippen LogP contribution in [-0.2, 0) is 6.54 Å². The molecule has 130 valence electrons. The van der Waals surface area contributed by atoms with E-state index in [1.807, 2.05) is 41.3 Å². The lowest BCUT2D eigenvalue weighted by Gasteiger charge is -2.09. The minimum atomic E-state index is 0.597. The molecule has 0 saturated heterocycles. The van der Waals surface area contributed by atoms with Gasteiger partial charge in [0.25, 0.3) is 0 Å². The third-order valence-electron chi connectivity index (χ3n) is 3.33. The van der Waals surface area contributed by atoms with Crippen molar-refractivity contribution in [1.29, 1.82) is 0 Å². The zero-order chi connectivity index (χ0) is 17.5. The van der Waals surface area contributed by atoms with Crippen molar-refractivity contribution in [1.82, 2.24) is 14.5 Å². The van der Waals surface area contributed by atoms with Gasteiger partial charge in [-0.15, -0.1) is 11.3 Å². The van der Waals surface area contributed by atoms with E-state index in [4.69, 9.17) is 16.3 Å². The van der Waals surface area contributed by atoms with Crippen molar-refractivity contribution in [2.75, 3.05) is 12.0 Å². The van der Waals surface area contributed by atoms with Crippen LogP contribution >= 0.6 is 22.9 Å². The van der Waals surface area contributed by atoms with E-state index in [-0.39, 0.29) is 0 Å². The molecule has 0 bridgehead atoms. The number of benzene rings is 1. The molecule has 8 heteroatoms. The largest absolute Gasteiger partial charge is 0.493 e. The fourth-order valence-electron chi connectivity index (χ4n) is 2.16. The number of aromatic nitrogens is 3. The third-order valence-corrected chi connectivity index (χ3v) is 4.43. The van der Waals surface area contributed by atoms with Crippen LogP contribution in [0.3, 0.4) is 0 Å². The van der Waals surface area contributed by atoms with E-state index in [1.54, 1.807) is 18.7 Å². The molecule has 0 aliphatic heterocycles. The molecule has 25 heavy (non-hydrogen) atoms. The number of thiazole rings is 1. The number of hydrogen-bond donors (Lipinski definition) is 1. The van der Waals surface area contributed by atoms with Gasteiger partial charge in [0, 0.05) is 34.9 Å². The van der Waals surface area contributed by atoms with Gasteiger partial charge in [0.05, 0.1) is 24.8 Å². The molecule has 2 aromatic heterocycles. The van der Waals surface area contributed by atoms with Gasteiger partial charge in [-0.3, -0.25) is 5.43 Å². The fraction of sp³-hybridized carbons (Fsp3) is 0.235. The summed E-state index contributed by atoms with van der Waals surface area (Å²) in [6.45, 7) is 3.40. The lowest BCUT2D eigenvalue weighted by atomic mass is 10.2. The molecule has 2 heterocycles. The molecule has 0 spiro atoms. The average Bonchev–Trinajstić information content (AvgIpc) is 3.25. The van der Waals surface area contributed by atoms with Gasteiger partial charge in [-0.1, -0.05) is 11.6 Å². The van der Waals surface area contributed by atoms with E-state index < -0.39 is 0 Å². The van der Waals surface area contributed by atoms with E-state index >= 15 is 0 Å². The summed E-state index contributed by atoms with van der Waals surface area (Å²) in [5.74, 6) is 0.746. The number of aryl methyl sites for hydroxylation is 2. The highest BCUT2D eigenvalue weighted by molar-refractivity contribution is 7.13. The molecular weight excluding hydrogens is 358 g/mol. The second kappa shape index (κ2) is 8.64. The first-order chi connectivity index (χ1) is 12.2. The molecule has 0 radical (unpaired) electrons. The number of imidazole rings is 1. The van der Waals surface area contributed by atoms with Crippen molar-refractivity contribution in [2.45, 2.75) is 19.9 Å². The van der Waals surface area contributed by atoms with E-state index in [9.17, 15) is 0 Å². The van der Waals surface area contributed by atoms with Crippen LogP contribution in [0.4, 0.5) is 5.13 Å². The number of anilines is 1. The topological polar surface area (TPSA) is 64.3 Å². The van der Waals surface area contributed by atoms with E-state index in [0.29, 0.717) is 11.6 Å². The predicted octanol–water partition coefficient (Wildman–Crippen LogP) is 4.22. The minimum absolute atomic E-state index is 0.597. The van der Waals surface area contributed by atoms with Crippen molar-refractivity contribution < 1.29 is 4.74 Å². The van der Waals surface area contributed by atoms with Crippen molar-refractivity contribution >= 4 is 34.3 Å². The Bertz CT molecular complexity index is 831. The van der Waals surface area contributed by atoms with Crippen molar-refractivity contribution in [3.8, 4) is 5.75 Å². The SMILES string of the molecule is Cc1csc(NN=Cc2cc(Cl)ccc2OCCCn2ccnc2)n1. The molecule has 3 rings (SSSR count). The highest BCUT2D eigenvalue weighted by Gasteiger charge is 2.04. The molecule has 0 fully saturated rings. The fourth-order valence-corrected chi connectivity index (χ4v) is 2.98. The predicted molar refractivity (Wildman–Crippen MR) is 102 cm³/mol. The van der Waals surface area contributed by atoms with Crippen LogP contribution in [-0.4, -0.2) is 27.4 Å². The number of ether oxygens (including phenoxy) is 1. The van der Waals surface area contributed by atoms with Crippen LogP contribution in [0, 0.1) is 6.92 Å². The first-order valence-corrected chi connectivity index (χ1v) is 9.06. The van der Waals surface area contributed by atoms with Gasteiger partial charge in [-0.25, -0.2) is 9.97 Å². The van der Waals surface area contributed by atoms with Crippen LogP contribution in [0.5, 0.6) is 5.75 Å². The molecule has 0 unspecified atom stereocenters. The van der Waals surface area contributed by atoms with Gasteiger partial charge in [-0.05, 0) is 31.5 Å². The lowest BCUT2D eigenvalue weighted by molar-refractivity contribution is 0.301. The van der Waals surface area contributed by atoms with E-state index in [2.05, 4.69) is 20.5 Å². The Kier molecular flexibility index (Phi) is 6.03. The molecule has 6 nitrogen and oxygen atoms in total. The van der Waals surface area contributed by atoms with Gasteiger partial charge >= 0.3 is 0 Å². The molecule has 0 aliphatic carbocycles. The number of halogens is 1. The summed E-state index contributed by atoms with van der Waals surface area (Å²) >= 11 is 7.59. The zero-order valence-corrected chi connectivity index (χ0v) is 15.3. The molecule has 0 aliphatic rings. The summed E-state index contributed by atoms with van der Waals surface area (Å²) in [6, 6.07) is 5.49. The highest BCUT2D eigenvalue weighted by Crippen LogP contribution is 2.22. The molecule has 0 saturated carbocycles. The first-order valence-electron chi connectivity index (χ1n) is 7.80. The van der Waals surface area contributed by atoms with Gasteiger partial charge < -0.3 is 9.30 Å². The highest BCUT2D eigenvalue weighted by atomic mass is 35.5. The zero-order valence-electron chi connectivity index (χ0n) is 13.7. The normalized spacial score (nSPS) is 11.1. The Balaban J connectivity index is 1.57. The molecular formula is C17H18ClN5OS. The van der Waals surface area contributed by atoms with Gasteiger partial charge in [-0.2, -0.15) is 5.10 Å². The van der Waals surface area contributed by atoms with Crippen molar-refractivity contribution in [2.24, 2.45) is 5.10 Å². The quantitative estimate of drug-likeness (QED) is 0.364. The van der Waals surface area contributed by atoms with Crippen LogP contribution in [0.2, 0.25) is 5.02 Å². The lowest BCUT2D eigenvalue weighted by Crippen LogP contribution is -2.04. The van der Waals surface area contributed by atoms with Crippen LogP contribution in [0.1, 0.15) is 17.7 Å². The minimum Gasteiger partial charge on any atom is -0.493 e.